The Kier molecular flexibility index (Phi) is 11.2. The van der Waals surface area contributed by atoms with Crippen LogP contribution in [0.15, 0.2) is 0 Å². The van der Waals surface area contributed by atoms with E-state index in [4.69, 9.17) is 20.4 Å². The van der Waals surface area contributed by atoms with Gasteiger partial charge in [0.1, 0.15) is 12.2 Å². The third-order valence-electron chi connectivity index (χ3n) is 1.37. The van der Waals surface area contributed by atoms with Gasteiger partial charge in [-0.15, -0.1) is 0 Å². The predicted molar refractivity (Wildman–Crippen MR) is 39.3 cm³/mol. The first-order valence-corrected chi connectivity index (χ1v) is 3.31. The number of rotatable bonds is 5. The summed E-state index contributed by atoms with van der Waals surface area (Å²) in [4.78, 5) is 30.4. The molecular formula is C6H9NaO9. The van der Waals surface area contributed by atoms with Crippen LogP contribution >= 0.6 is 0 Å². The van der Waals surface area contributed by atoms with E-state index in [9.17, 15) is 19.5 Å². The molecule has 0 aromatic rings. The molecule has 3 atom stereocenters. The second kappa shape index (κ2) is 8.58. The van der Waals surface area contributed by atoms with E-state index in [1.165, 1.54) is 0 Å². The third kappa shape index (κ3) is 5.51. The molecule has 0 aromatic heterocycles. The molecule has 0 heterocycles. The second-order valence-electron chi connectivity index (χ2n) is 2.37. The van der Waals surface area contributed by atoms with E-state index in [1.807, 2.05) is 0 Å². The van der Waals surface area contributed by atoms with Crippen LogP contribution in [0.5, 0.6) is 0 Å². The van der Waals surface area contributed by atoms with Gasteiger partial charge in [-0.05, 0) is 0 Å². The number of ketones is 1. The van der Waals surface area contributed by atoms with Gasteiger partial charge in [-0.3, -0.25) is 4.79 Å². The standard InChI is InChI=1S/C6H8O8.Na.H2O/c7-1(3(9)5(11)12)2(8)4(10)6(13)14;;/h1-3,7-9H,(H,11,12)(H,13,14);;1H2/q;+1;/p-1/t1-,2+,3+;;/m1../s1. The number of hydrogen-bond acceptors (Lipinski definition) is 7. The van der Waals surface area contributed by atoms with E-state index in [1.54, 1.807) is 0 Å². The van der Waals surface area contributed by atoms with Gasteiger partial charge in [-0.1, -0.05) is 0 Å². The van der Waals surface area contributed by atoms with Gasteiger partial charge < -0.3 is 35.8 Å². The normalized spacial score (nSPS) is 14.7. The maximum Gasteiger partial charge on any atom is 1.00 e. The third-order valence-corrected chi connectivity index (χ3v) is 1.37. The van der Waals surface area contributed by atoms with Crippen molar-refractivity contribution in [2.24, 2.45) is 0 Å². The van der Waals surface area contributed by atoms with Gasteiger partial charge in [-0.25, -0.2) is 4.79 Å². The van der Waals surface area contributed by atoms with Crippen LogP contribution in [0.4, 0.5) is 0 Å². The molecule has 0 aliphatic carbocycles. The monoisotopic (exact) mass is 248 g/mol. The second-order valence-corrected chi connectivity index (χ2v) is 2.37. The Labute approximate surface area is 111 Å². The topological polar surface area (TPSA) is 187 Å². The Balaban J connectivity index is -0.000000845. The summed E-state index contributed by atoms with van der Waals surface area (Å²) < 4.78 is 0. The molecule has 0 aliphatic heterocycles. The van der Waals surface area contributed by atoms with Gasteiger partial charge in [-0.2, -0.15) is 0 Å². The van der Waals surface area contributed by atoms with Crippen molar-refractivity contribution in [1.82, 2.24) is 0 Å². The molecule has 0 spiro atoms. The van der Waals surface area contributed by atoms with Crippen molar-refractivity contribution in [3.8, 4) is 0 Å². The molecule has 0 aromatic carbocycles. The van der Waals surface area contributed by atoms with Crippen LogP contribution in [0.3, 0.4) is 0 Å². The quantitative estimate of drug-likeness (QED) is 0.272. The molecule has 10 heteroatoms. The average molecular weight is 248 g/mol. The predicted octanol–water partition coefficient (Wildman–Crippen LogP) is -8.35. The molecular weight excluding hydrogens is 239 g/mol. The van der Waals surface area contributed by atoms with Crippen LogP contribution in [0, 0.1) is 0 Å². The van der Waals surface area contributed by atoms with Crippen molar-refractivity contribution in [2.45, 2.75) is 18.3 Å². The minimum atomic E-state index is -2.53. The number of aliphatic hydroxyl groups excluding tert-OH is 3. The van der Waals surface area contributed by atoms with Crippen molar-refractivity contribution in [1.29, 1.82) is 0 Å². The maximum absolute atomic E-state index is 10.5. The number of carboxylic acid groups (broad SMARTS) is 2. The van der Waals surface area contributed by atoms with Crippen LogP contribution < -0.4 is 34.7 Å². The van der Waals surface area contributed by atoms with Gasteiger partial charge in [0.05, 0.1) is 5.97 Å². The Morgan fingerprint density at radius 3 is 1.62 bits per heavy atom. The van der Waals surface area contributed by atoms with Gasteiger partial charge in [0.2, 0.25) is 0 Å². The van der Waals surface area contributed by atoms with Crippen LogP contribution in [0.1, 0.15) is 0 Å². The fraction of sp³-hybridized carbons (Fsp3) is 0.500. The number of Topliss-reactive ketones (excluding diaryl/α,β-unsaturated/α-hetero) is 1. The number of aliphatic hydroxyl groups is 3. The van der Waals surface area contributed by atoms with Crippen molar-refractivity contribution in [3.63, 3.8) is 0 Å². The molecule has 0 aliphatic rings. The molecule has 0 saturated heterocycles. The van der Waals surface area contributed by atoms with Crippen molar-refractivity contribution >= 4 is 17.7 Å². The molecule has 9 nitrogen and oxygen atoms in total. The number of hydrogen-bond donors (Lipinski definition) is 4. The Morgan fingerprint density at radius 1 is 1.00 bits per heavy atom. The number of carbonyl (C=O) groups excluding carboxylic acids is 2. The first-order valence-electron chi connectivity index (χ1n) is 3.31. The van der Waals surface area contributed by atoms with E-state index < -0.39 is 36.0 Å². The summed E-state index contributed by atoms with van der Waals surface area (Å²) in [6.07, 6.45) is -7.49. The van der Waals surface area contributed by atoms with Crippen molar-refractivity contribution in [2.75, 3.05) is 0 Å². The minimum absolute atomic E-state index is 0. The fourth-order valence-corrected chi connectivity index (χ4v) is 0.594. The molecule has 0 fully saturated rings. The van der Waals surface area contributed by atoms with Crippen molar-refractivity contribution < 1.29 is 74.9 Å². The number of carbonyl (C=O) groups is 3. The van der Waals surface area contributed by atoms with Crippen molar-refractivity contribution in [3.05, 3.63) is 0 Å². The van der Waals surface area contributed by atoms with Crippen LogP contribution in [-0.2, 0) is 14.4 Å². The van der Waals surface area contributed by atoms with E-state index in [0.717, 1.165) is 0 Å². The molecule has 0 unspecified atom stereocenters. The Hall–Kier alpha value is -0.550. The summed E-state index contributed by atoms with van der Waals surface area (Å²) in [5.41, 5.74) is 0. The zero-order chi connectivity index (χ0) is 11.5. The fourth-order valence-electron chi connectivity index (χ4n) is 0.594. The Morgan fingerprint density at radius 2 is 1.38 bits per heavy atom. The first kappa shape index (κ1) is 20.8. The summed E-state index contributed by atoms with van der Waals surface area (Å²) in [7, 11) is 0. The van der Waals surface area contributed by atoms with E-state index >= 15 is 0 Å². The van der Waals surface area contributed by atoms with E-state index in [-0.39, 0.29) is 35.0 Å². The van der Waals surface area contributed by atoms with E-state index in [2.05, 4.69) is 0 Å². The zero-order valence-corrected chi connectivity index (χ0v) is 10.2. The Bertz CT molecular complexity index is 265. The number of carboxylic acids is 2. The summed E-state index contributed by atoms with van der Waals surface area (Å²) in [6.45, 7) is 0. The van der Waals surface area contributed by atoms with E-state index in [0.29, 0.717) is 0 Å². The summed E-state index contributed by atoms with van der Waals surface area (Å²) in [6, 6.07) is 0. The average Bonchev–Trinajstić information content (AvgIpc) is 2.12. The molecule has 0 saturated carbocycles. The smallest absolute Gasteiger partial charge is 0.547 e. The summed E-state index contributed by atoms with van der Waals surface area (Å²) in [5, 5.41) is 44.1. The minimum Gasteiger partial charge on any atom is -0.547 e. The first-order chi connectivity index (χ1) is 6.29. The van der Waals surface area contributed by atoms with Gasteiger partial charge in [0.25, 0.3) is 5.78 Å². The van der Waals surface area contributed by atoms with Gasteiger partial charge in [0.15, 0.2) is 6.10 Å². The zero-order valence-electron chi connectivity index (χ0n) is 8.15. The molecule has 88 valence electrons. The van der Waals surface area contributed by atoms with Crippen LogP contribution in [0.25, 0.3) is 0 Å². The maximum atomic E-state index is 10.5. The number of aliphatic carboxylic acids is 2. The van der Waals surface area contributed by atoms with Crippen LogP contribution in [0.2, 0.25) is 0 Å². The SMILES string of the molecule is O.O=C(O)C(=O)[C@@H](O)[C@@H](O)[C@H](O)C(=O)[O-].[Na+]. The summed E-state index contributed by atoms with van der Waals surface area (Å²) in [5.74, 6) is -6.00. The molecule has 0 amide bonds. The molecule has 0 rings (SSSR count). The van der Waals surface area contributed by atoms with Gasteiger partial charge >= 0.3 is 35.5 Å². The van der Waals surface area contributed by atoms with Crippen LogP contribution in [-0.4, -0.2) is 61.9 Å². The molecule has 0 radical (unpaired) electrons. The molecule has 6 N–H and O–H groups in total. The largest absolute Gasteiger partial charge is 1.00 e. The molecule has 16 heavy (non-hydrogen) atoms. The molecule has 0 bridgehead atoms. The summed E-state index contributed by atoms with van der Waals surface area (Å²) >= 11 is 0. The van der Waals surface area contributed by atoms with Gasteiger partial charge in [0, 0.05) is 0 Å².